The zero-order valence-electron chi connectivity index (χ0n) is 20.8. The minimum atomic E-state index is -0.920. The molecule has 200 valence electrons. The SMILES string of the molecule is Cc1nc2ccccn2c1/C(O)=C1\C(=O)C(=O)N(c2nnc(SCc3ccccc3Cl)s2)C1c1ccc(Br)cc1. The van der Waals surface area contributed by atoms with Gasteiger partial charge in [0.05, 0.1) is 17.3 Å². The number of imidazole rings is 1. The van der Waals surface area contributed by atoms with Crippen molar-refractivity contribution in [1.82, 2.24) is 19.6 Å². The van der Waals surface area contributed by atoms with Crippen LogP contribution in [0.25, 0.3) is 11.4 Å². The number of aliphatic hydroxyl groups excluding tert-OH is 1. The molecule has 3 aromatic heterocycles. The molecule has 1 N–H and O–H groups in total. The van der Waals surface area contributed by atoms with Crippen LogP contribution in [0, 0.1) is 6.92 Å². The quantitative estimate of drug-likeness (QED) is 0.0706. The van der Waals surface area contributed by atoms with Crippen LogP contribution >= 0.6 is 50.6 Å². The molecule has 2 aromatic carbocycles. The molecule has 1 fully saturated rings. The van der Waals surface area contributed by atoms with Gasteiger partial charge in [-0.15, -0.1) is 10.2 Å². The number of carbonyl (C=O) groups excluding carboxylic acids is 2. The molecule has 0 aliphatic carbocycles. The number of halogens is 2. The number of carbonyl (C=O) groups is 2. The van der Waals surface area contributed by atoms with Gasteiger partial charge in [0, 0.05) is 21.4 Å². The summed E-state index contributed by atoms with van der Waals surface area (Å²) in [6.07, 6.45) is 1.75. The van der Waals surface area contributed by atoms with E-state index >= 15 is 0 Å². The minimum Gasteiger partial charge on any atom is -0.505 e. The number of thioether (sulfide) groups is 1. The Kier molecular flexibility index (Phi) is 7.22. The first-order valence-corrected chi connectivity index (χ1v) is 15.0. The average molecular weight is 653 g/mol. The monoisotopic (exact) mass is 651 g/mol. The number of pyridine rings is 1. The highest BCUT2D eigenvalue weighted by Crippen LogP contribution is 2.44. The summed E-state index contributed by atoms with van der Waals surface area (Å²) >= 11 is 12.4. The van der Waals surface area contributed by atoms with E-state index in [4.69, 9.17) is 11.6 Å². The number of hydrogen-bond donors (Lipinski definition) is 1. The predicted molar refractivity (Wildman–Crippen MR) is 160 cm³/mol. The molecule has 1 saturated heterocycles. The van der Waals surface area contributed by atoms with Crippen molar-refractivity contribution in [2.45, 2.75) is 23.1 Å². The summed E-state index contributed by atoms with van der Waals surface area (Å²) in [7, 11) is 0. The largest absolute Gasteiger partial charge is 0.505 e. The van der Waals surface area contributed by atoms with E-state index in [9.17, 15) is 14.7 Å². The average Bonchev–Trinajstić information content (AvgIpc) is 3.62. The molecule has 12 heteroatoms. The number of Topliss-reactive ketones (excluding diaryl/α,β-unsaturated/α-hetero) is 1. The molecule has 1 atom stereocenters. The Morgan fingerprint density at radius 3 is 2.60 bits per heavy atom. The molecule has 8 nitrogen and oxygen atoms in total. The minimum absolute atomic E-state index is 0.0402. The van der Waals surface area contributed by atoms with Gasteiger partial charge in [0.2, 0.25) is 5.13 Å². The first-order valence-electron chi connectivity index (χ1n) is 12.0. The van der Waals surface area contributed by atoms with E-state index in [0.717, 1.165) is 10.0 Å². The number of benzene rings is 2. The molecule has 5 aromatic rings. The Bertz CT molecular complexity index is 1820. The number of rotatable bonds is 6. The summed E-state index contributed by atoms with van der Waals surface area (Å²) in [5.74, 6) is -1.34. The number of anilines is 1. The molecule has 0 spiro atoms. The van der Waals surface area contributed by atoms with Crippen molar-refractivity contribution >= 4 is 78.9 Å². The van der Waals surface area contributed by atoms with E-state index in [1.54, 1.807) is 41.8 Å². The smallest absolute Gasteiger partial charge is 0.301 e. The summed E-state index contributed by atoms with van der Waals surface area (Å²) in [6, 6.07) is 19.3. The Morgan fingerprint density at radius 2 is 1.82 bits per heavy atom. The molecule has 0 radical (unpaired) electrons. The van der Waals surface area contributed by atoms with Gasteiger partial charge < -0.3 is 5.11 Å². The van der Waals surface area contributed by atoms with Crippen molar-refractivity contribution in [3.63, 3.8) is 0 Å². The van der Waals surface area contributed by atoms with Crippen LogP contribution in [0.1, 0.15) is 28.6 Å². The summed E-state index contributed by atoms with van der Waals surface area (Å²) in [6.45, 7) is 1.75. The van der Waals surface area contributed by atoms with E-state index in [0.29, 0.717) is 37.7 Å². The summed E-state index contributed by atoms with van der Waals surface area (Å²) < 4.78 is 3.15. The predicted octanol–water partition coefficient (Wildman–Crippen LogP) is 6.83. The van der Waals surface area contributed by atoms with Crippen LogP contribution in [0.3, 0.4) is 0 Å². The van der Waals surface area contributed by atoms with Crippen molar-refractivity contribution < 1.29 is 14.7 Å². The van der Waals surface area contributed by atoms with Crippen LogP contribution < -0.4 is 4.90 Å². The van der Waals surface area contributed by atoms with Crippen LogP contribution in [0.2, 0.25) is 5.02 Å². The van der Waals surface area contributed by atoms with Crippen LogP contribution in [0.5, 0.6) is 0 Å². The lowest BCUT2D eigenvalue weighted by Gasteiger charge is -2.22. The number of aromatic nitrogens is 4. The van der Waals surface area contributed by atoms with Crippen LogP contribution in [0.4, 0.5) is 5.13 Å². The number of fused-ring (bicyclic) bond motifs is 1. The number of hydrogen-bond acceptors (Lipinski definition) is 8. The van der Waals surface area contributed by atoms with E-state index in [1.807, 2.05) is 42.5 Å². The van der Waals surface area contributed by atoms with Crippen molar-refractivity contribution in [1.29, 1.82) is 0 Å². The fourth-order valence-corrected chi connectivity index (χ4v) is 7.05. The summed E-state index contributed by atoms with van der Waals surface area (Å²) in [5.41, 5.74) is 3.03. The zero-order valence-corrected chi connectivity index (χ0v) is 24.8. The lowest BCUT2D eigenvalue weighted by atomic mass is 9.96. The maximum atomic E-state index is 13.6. The molecule has 1 unspecified atom stereocenters. The number of ketones is 1. The van der Waals surface area contributed by atoms with Crippen molar-refractivity contribution in [2.24, 2.45) is 0 Å². The standard InChI is InChI=1S/C28H19BrClN5O3S2/c1-15-22(34-13-5-4-8-20(34)31-15)24(36)21-23(16-9-11-18(29)12-10-16)35(26(38)25(21)37)27-32-33-28(40-27)39-14-17-6-2-3-7-19(17)30/h2-13,23,36H,14H2,1H3/b24-21+. The second-order valence-electron chi connectivity index (χ2n) is 8.93. The van der Waals surface area contributed by atoms with Gasteiger partial charge in [0.25, 0.3) is 5.78 Å². The fraction of sp³-hybridized carbons (Fsp3) is 0.107. The van der Waals surface area contributed by atoms with Crippen LogP contribution in [0.15, 0.2) is 87.3 Å². The molecule has 1 amide bonds. The van der Waals surface area contributed by atoms with Gasteiger partial charge in [-0.3, -0.25) is 18.9 Å². The molecular weight excluding hydrogens is 634 g/mol. The molecular formula is C28H19BrClN5O3S2. The van der Waals surface area contributed by atoms with E-state index in [-0.39, 0.29) is 16.5 Å². The second-order valence-corrected chi connectivity index (χ2v) is 12.4. The fourth-order valence-electron chi connectivity index (χ4n) is 4.63. The van der Waals surface area contributed by atoms with E-state index in [2.05, 4.69) is 31.1 Å². The van der Waals surface area contributed by atoms with E-state index in [1.165, 1.54) is 28.0 Å². The Balaban J connectivity index is 1.44. The third-order valence-electron chi connectivity index (χ3n) is 6.47. The Hall–Kier alpha value is -3.51. The lowest BCUT2D eigenvalue weighted by Crippen LogP contribution is -2.29. The van der Waals surface area contributed by atoms with Gasteiger partial charge in [-0.05, 0) is 48.4 Å². The highest BCUT2D eigenvalue weighted by Gasteiger charge is 2.48. The lowest BCUT2D eigenvalue weighted by molar-refractivity contribution is -0.132. The molecule has 40 heavy (non-hydrogen) atoms. The van der Waals surface area contributed by atoms with Crippen molar-refractivity contribution in [2.75, 3.05) is 4.90 Å². The number of aryl methyl sites for hydroxylation is 1. The number of aliphatic hydroxyl groups is 1. The van der Waals surface area contributed by atoms with Crippen LogP contribution in [-0.4, -0.2) is 36.4 Å². The van der Waals surface area contributed by atoms with Gasteiger partial charge in [-0.1, -0.05) is 87.0 Å². The molecule has 6 rings (SSSR count). The maximum Gasteiger partial charge on any atom is 0.301 e. The van der Waals surface area contributed by atoms with Crippen molar-refractivity contribution in [3.8, 4) is 0 Å². The van der Waals surface area contributed by atoms with Crippen molar-refractivity contribution in [3.05, 3.63) is 111 Å². The first-order chi connectivity index (χ1) is 19.3. The normalized spacial score (nSPS) is 16.8. The highest BCUT2D eigenvalue weighted by molar-refractivity contribution is 9.10. The number of nitrogens with zero attached hydrogens (tertiary/aromatic N) is 5. The summed E-state index contributed by atoms with van der Waals surface area (Å²) in [4.78, 5) is 32.9. The maximum absolute atomic E-state index is 13.6. The molecule has 1 aliphatic rings. The molecule has 0 bridgehead atoms. The zero-order chi connectivity index (χ0) is 28.0. The summed E-state index contributed by atoms with van der Waals surface area (Å²) in [5, 5.41) is 21.1. The van der Waals surface area contributed by atoms with Gasteiger partial charge in [0.15, 0.2) is 10.1 Å². The van der Waals surface area contributed by atoms with E-state index < -0.39 is 17.7 Å². The topological polar surface area (TPSA) is 101 Å². The van der Waals surface area contributed by atoms with Gasteiger partial charge in [0.1, 0.15) is 11.3 Å². The third-order valence-corrected chi connectivity index (χ3v) is 9.47. The van der Waals surface area contributed by atoms with Gasteiger partial charge in [-0.2, -0.15) is 0 Å². The Morgan fingerprint density at radius 1 is 1.07 bits per heavy atom. The molecule has 0 saturated carbocycles. The van der Waals surface area contributed by atoms with Gasteiger partial charge >= 0.3 is 5.91 Å². The van der Waals surface area contributed by atoms with Gasteiger partial charge in [-0.25, -0.2) is 4.98 Å². The highest BCUT2D eigenvalue weighted by atomic mass is 79.9. The Labute approximate surface area is 250 Å². The van der Waals surface area contributed by atoms with Crippen LogP contribution in [-0.2, 0) is 15.3 Å². The number of amides is 1. The first kappa shape index (κ1) is 26.7. The molecule has 4 heterocycles. The third kappa shape index (κ3) is 4.72. The molecule has 1 aliphatic heterocycles. The second kappa shape index (κ2) is 10.8.